The van der Waals surface area contributed by atoms with Gasteiger partial charge in [0.25, 0.3) is 0 Å². The molecule has 4 heterocycles. The van der Waals surface area contributed by atoms with E-state index in [-0.39, 0.29) is 30.5 Å². The molecule has 1 aliphatic rings. The molecular formula is C21H20F6N8O. The number of nitrogens with zero attached hydrogens (tertiary/aromatic N) is 6. The summed E-state index contributed by atoms with van der Waals surface area (Å²) in [5, 5.41) is 9.60. The van der Waals surface area contributed by atoms with Crippen LogP contribution in [-0.2, 0) is 24.1 Å². The van der Waals surface area contributed by atoms with Crippen molar-refractivity contribution in [1.82, 2.24) is 24.7 Å². The Labute approximate surface area is 200 Å². The van der Waals surface area contributed by atoms with Gasteiger partial charge in [-0.15, -0.1) is 0 Å². The SMILES string of the molecule is Cc1nc(NCc2cnn(Cc3ccc(C(F)(F)F)nc3)c2)nc2c1NC(=O)C(CC(F)(F)F)N2C. The fraction of sp³-hybridized carbons (Fsp3) is 0.381. The molecule has 1 amide bonds. The van der Waals surface area contributed by atoms with Gasteiger partial charge in [0.2, 0.25) is 11.9 Å². The lowest BCUT2D eigenvalue weighted by Crippen LogP contribution is -2.49. The van der Waals surface area contributed by atoms with Crippen molar-refractivity contribution >= 4 is 23.4 Å². The minimum Gasteiger partial charge on any atom is -0.350 e. The van der Waals surface area contributed by atoms with Crippen LogP contribution in [-0.4, -0.2) is 49.9 Å². The normalized spacial score (nSPS) is 16.1. The Hall–Kier alpha value is -3.91. The molecular weight excluding hydrogens is 494 g/mol. The quantitative estimate of drug-likeness (QED) is 0.483. The van der Waals surface area contributed by atoms with Gasteiger partial charge in [0.1, 0.15) is 17.4 Å². The van der Waals surface area contributed by atoms with E-state index < -0.39 is 36.4 Å². The molecule has 36 heavy (non-hydrogen) atoms. The highest BCUT2D eigenvalue weighted by atomic mass is 19.4. The molecule has 0 fully saturated rings. The first kappa shape index (κ1) is 25.2. The van der Waals surface area contributed by atoms with Crippen LogP contribution in [0.4, 0.5) is 43.8 Å². The maximum absolute atomic E-state index is 12.9. The van der Waals surface area contributed by atoms with E-state index in [1.165, 1.54) is 22.7 Å². The summed E-state index contributed by atoms with van der Waals surface area (Å²) in [5.41, 5.74) is 0.859. The first-order valence-corrected chi connectivity index (χ1v) is 10.6. The fourth-order valence-electron chi connectivity index (χ4n) is 3.66. The lowest BCUT2D eigenvalue weighted by molar-refractivity contribution is -0.145. The zero-order valence-electron chi connectivity index (χ0n) is 18.9. The molecule has 0 aliphatic carbocycles. The van der Waals surface area contributed by atoms with Crippen LogP contribution >= 0.6 is 0 Å². The van der Waals surface area contributed by atoms with Crippen molar-refractivity contribution < 1.29 is 31.1 Å². The van der Waals surface area contributed by atoms with Gasteiger partial charge < -0.3 is 15.5 Å². The predicted octanol–water partition coefficient (Wildman–Crippen LogP) is 3.77. The van der Waals surface area contributed by atoms with Crippen LogP contribution in [0.1, 0.15) is 28.9 Å². The van der Waals surface area contributed by atoms with Crippen molar-refractivity contribution in [3.8, 4) is 0 Å². The van der Waals surface area contributed by atoms with Gasteiger partial charge in [-0.2, -0.15) is 36.4 Å². The second-order valence-corrected chi connectivity index (χ2v) is 8.22. The Kier molecular flexibility index (Phi) is 6.49. The van der Waals surface area contributed by atoms with Gasteiger partial charge >= 0.3 is 12.4 Å². The molecule has 0 saturated heterocycles. The van der Waals surface area contributed by atoms with Crippen LogP contribution in [0.25, 0.3) is 0 Å². The summed E-state index contributed by atoms with van der Waals surface area (Å²) in [6.07, 6.45) is -6.03. The smallest absolute Gasteiger partial charge is 0.350 e. The molecule has 2 N–H and O–H groups in total. The monoisotopic (exact) mass is 514 g/mol. The van der Waals surface area contributed by atoms with E-state index in [1.807, 2.05) is 0 Å². The van der Waals surface area contributed by atoms with E-state index in [2.05, 4.69) is 30.7 Å². The van der Waals surface area contributed by atoms with Crippen molar-refractivity contribution in [2.24, 2.45) is 0 Å². The van der Waals surface area contributed by atoms with Crippen molar-refractivity contribution in [3.05, 3.63) is 53.2 Å². The summed E-state index contributed by atoms with van der Waals surface area (Å²) in [4.78, 5) is 25.3. The average molecular weight is 514 g/mol. The molecule has 0 spiro atoms. The zero-order chi connectivity index (χ0) is 26.3. The summed E-state index contributed by atoms with van der Waals surface area (Å²) >= 11 is 0. The second kappa shape index (κ2) is 9.28. The number of rotatable bonds is 6. The molecule has 3 aromatic rings. The van der Waals surface area contributed by atoms with Gasteiger partial charge in [-0.3, -0.25) is 14.5 Å². The van der Waals surface area contributed by atoms with Gasteiger partial charge in [0.05, 0.1) is 24.9 Å². The largest absolute Gasteiger partial charge is 0.433 e. The molecule has 9 nitrogen and oxygen atoms in total. The third kappa shape index (κ3) is 5.66. The number of pyridine rings is 1. The minimum atomic E-state index is -4.53. The van der Waals surface area contributed by atoms with Gasteiger partial charge in [-0.05, 0) is 18.6 Å². The van der Waals surface area contributed by atoms with Crippen LogP contribution in [0.15, 0.2) is 30.7 Å². The molecule has 0 saturated carbocycles. The summed E-state index contributed by atoms with van der Waals surface area (Å²) < 4.78 is 78.3. The molecule has 0 aromatic carbocycles. The topological polar surface area (TPSA) is 101 Å². The Morgan fingerprint density at radius 2 is 1.83 bits per heavy atom. The number of hydrogen-bond acceptors (Lipinski definition) is 7. The number of fused-ring (bicyclic) bond motifs is 1. The van der Waals surface area contributed by atoms with Crippen molar-refractivity contribution in [2.75, 3.05) is 22.6 Å². The van der Waals surface area contributed by atoms with Crippen LogP contribution < -0.4 is 15.5 Å². The number of likely N-dealkylation sites (N-methyl/N-ethyl adjacent to an activating group) is 1. The van der Waals surface area contributed by atoms with Crippen LogP contribution in [0.2, 0.25) is 0 Å². The van der Waals surface area contributed by atoms with Crippen molar-refractivity contribution in [3.63, 3.8) is 0 Å². The fourth-order valence-corrected chi connectivity index (χ4v) is 3.66. The van der Waals surface area contributed by atoms with Crippen molar-refractivity contribution in [2.45, 2.75) is 44.8 Å². The number of nitrogens with one attached hydrogen (secondary N) is 2. The average Bonchev–Trinajstić information content (AvgIpc) is 3.22. The highest BCUT2D eigenvalue weighted by Gasteiger charge is 2.41. The van der Waals surface area contributed by atoms with E-state index >= 15 is 0 Å². The Morgan fingerprint density at radius 3 is 2.47 bits per heavy atom. The van der Waals surface area contributed by atoms with Gasteiger partial charge in [-0.1, -0.05) is 6.07 Å². The number of alkyl halides is 6. The van der Waals surface area contributed by atoms with Crippen LogP contribution in [0.5, 0.6) is 0 Å². The summed E-state index contributed by atoms with van der Waals surface area (Å²) in [7, 11) is 1.37. The molecule has 0 radical (unpaired) electrons. The molecule has 1 unspecified atom stereocenters. The molecule has 1 aliphatic heterocycles. The lowest BCUT2D eigenvalue weighted by atomic mass is 10.1. The highest BCUT2D eigenvalue weighted by molar-refractivity contribution is 6.03. The van der Waals surface area contributed by atoms with Crippen LogP contribution in [0, 0.1) is 6.92 Å². The number of hydrogen-bond donors (Lipinski definition) is 2. The number of carbonyl (C=O) groups excluding carboxylic acids is 1. The number of amides is 1. The first-order valence-electron chi connectivity index (χ1n) is 10.6. The molecule has 1 atom stereocenters. The predicted molar refractivity (Wildman–Crippen MR) is 116 cm³/mol. The van der Waals surface area contributed by atoms with Crippen LogP contribution in [0.3, 0.4) is 0 Å². The van der Waals surface area contributed by atoms with Gasteiger partial charge in [-0.25, -0.2) is 4.98 Å². The number of aromatic nitrogens is 5. The van der Waals surface area contributed by atoms with E-state index in [0.717, 1.165) is 12.3 Å². The van der Waals surface area contributed by atoms with E-state index in [9.17, 15) is 31.1 Å². The molecule has 15 heteroatoms. The van der Waals surface area contributed by atoms with Gasteiger partial charge in [0.15, 0.2) is 5.82 Å². The molecule has 192 valence electrons. The van der Waals surface area contributed by atoms with Gasteiger partial charge in [0, 0.05) is 31.5 Å². The third-order valence-electron chi connectivity index (χ3n) is 5.45. The Balaban J connectivity index is 1.43. The highest BCUT2D eigenvalue weighted by Crippen LogP contribution is 2.35. The first-order chi connectivity index (χ1) is 16.8. The molecule has 3 aromatic heterocycles. The summed E-state index contributed by atoms with van der Waals surface area (Å²) in [6.45, 7) is 2.01. The van der Waals surface area contributed by atoms with E-state index in [1.54, 1.807) is 19.3 Å². The number of anilines is 3. The molecule has 4 rings (SSSR count). The Morgan fingerprint density at radius 1 is 1.08 bits per heavy atom. The summed E-state index contributed by atoms with van der Waals surface area (Å²) in [6, 6.07) is 0.758. The minimum absolute atomic E-state index is 0.139. The number of halogens is 6. The zero-order valence-corrected chi connectivity index (χ0v) is 18.9. The lowest BCUT2D eigenvalue weighted by Gasteiger charge is -2.35. The maximum Gasteiger partial charge on any atom is 0.433 e. The Bertz CT molecular complexity index is 1250. The van der Waals surface area contributed by atoms with Crippen molar-refractivity contribution in [1.29, 1.82) is 0 Å². The van der Waals surface area contributed by atoms with E-state index in [0.29, 0.717) is 16.8 Å². The number of carbonyl (C=O) groups is 1. The second-order valence-electron chi connectivity index (χ2n) is 8.22. The molecule has 0 bridgehead atoms. The maximum atomic E-state index is 12.9. The van der Waals surface area contributed by atoms with E-state index in [4.69, 9.17) is 0 Å². The third-order valence-corrected chi connectivity index (χ3v) is 5.45. The number of aryl methyl sites for hydroxylation is 1. The summed E-state index contributed by atoms with van der Waals surface area (Å²) in [5.74, 6) is -0.491. The standard InChI is InChI=1S/C21H20F6N8O/c1-11-16-17(34(2)14(18(36)32-16)5-20(22,23)24)33-19(31-11)29-7-13-8-30-35(10-13)9-12-3-4-15(28-6-12)21(25,26)27/h3-4,6,8,10,14H,5,7,9H2,1-2H3,(H,32,36)(H,29,31,33).